The molecule has 2 aromatic carbocycles. The Labute approximate surface area is 120 Å². The van der Waals surface area contributed by atoms with Crippen molar-refractivity contribution in [3.8, 4) is 0 Å². The number of para-hydroxylation sites is 1. The maximum absolute atomic E-state index is 13.7. The zero-order chi connectivity index (χ0) is 14.9. The SMILES string of the molecule is Nc1ccc(F)c(C(=O)Nc2c(F)cccc2Br)c1F. The Bertz CT molecular complexity index is 671. The first-order valence-electron chi connectivity index (χ1n) is 5.40. The molecular formula is C13H8BrF3N2O. The van der Waals surface area contributed by atoms with Gasteiger partial charge in [0.05, 0.1) is 11.4 Å². The first kappa shape index (κ1) is 14.4. The van der Waals surface area contributed by atoms with E-state index < -0.39 is 28.9 Å². The summed E-state index contributed by atoms with van der Waals surface area (Å²) in [5.41, 5.74) is 3.83. The van der Waals surface area contributed by atoms with E-state index in [2.05, 4.69) is 21.2 Å². The van der Waals surface area contributed by atoms with Crippen LogP contribution in [0.15, 0.2) is 34.8 Å². The van der Waals surface area contributed by atoms with Crippen LogP contribution >= 0.6 is 15.9 Å². The van der Waals surface area contributed by atoms with Crippen LogP contribution in [0.4, 0.5) is 24.5 Å². The third-order valence-corrected chi connectivity index (χ3v) is 3.21. The summed E-state index contributed by atoms with van der Waals surface area (Å²) >= 11 is 3.03. The number of rotatable bonds is 2. The number of nitrogens with one attached hydrogen (secondary N) is 1. The molecule has 20 heavy (non-hydrogen) atoms. The fourth-order valence-electron chi connectivity index (χ4n) is 1.57. The second-order valence-electron chi connectivity index (χ2n) is 3.88. The maximum atomic E-state index is 13.7. The molecule has 0 aliphatic rings. The lowest BCUT2D eigenvalue weighted by Crippen LogP contribution is -2.18. The molecule has 3 nitrogen and oxygen atoms in total. The van der Waals surface area contributed by atoms with Gasteiger partial charge in [0, 0.05) is 4.47 Å². The number of carbonyl (C=O) groups excluding carboxylic acids is 1. The zero-order valence-corrected chi connectivity index (χ0v) is 11.5. The van der Waals surface area contributed by atoms with Gasteiger partial charge < -0.3 is 11.1 Å². The van der Waals surface area contributed by atoms with Crippen molar-refractivity contribution in [3.05, 3.63) is 57.8 Å². The van der Waals surface area contributed by atoms with E-state index >= 15 is 0 Å². The molecule has 1 amide bonds. The second kappa shape index (κ2) is 5.54. The number of carbonyl (C=O) groups is 1. The number of benzene rings is 2. The Hall–Kier alpha value is -2.02. The molecule has 0 saturated carbocycles. The molecule has 0 bridgehead atoms. The van der Waals surface area contributed by atoms with Crippen LogP contribution in [-0.2, 0) is 0 Å². The molecule has 0 unspecified atom stereocenters. The molecule has 2 rings (SSSR count). The Morgan fingerprint density at radius 1 is 1.10 bits per heavy atom. The van der Waals surface area contributed by atoms with Crippen molar-refractivity contribution in [3.63, 3.8) is 0 Å². The summed E-state index contributed by atoms with van der Waals surface area (Å²) in [5, 5.41) is 2.11. The normalized spacial score (nSPS) is 10.4. The van der Waals surface area contributed by atoms with Crippen molar-refractivity contribution in [2.75, 3.05) is 11.1 Å². The molecular weight excluding hydrogens is 337 g/mol. The highest BCUT2D eigenvalue weighted by Crippen LogP contribution is 2.27. The molecule has 0 radical (unpaired) electrons. The minimum absolute atomic E-state index is 0.210. The number of anilines is 2. The molecule has 0 aliphatic carbocycles. The number of nitrogen functional groups attached to an aromatic ring is 1. The number of hydrogen-bond donors (Lipinski definition) is 2. The van der Waals surface area contributed by atoms with Crippen molar-refractivity contribution in [2.24, 2.45) is 0 Å². The first-order valence-corrected chi connectivity index (χ1v) is 6.20. The molecule has 0 atom stereocenters. The van der Waals surface area contributed by atoms with E-state index in [0.29, 0.717) is 0 Å². The van der Waals surface area contributed by atoms with Crippen LogP contribution in [0.3, 0.4) is 0 Å². The maximum Gasteiger partial charge on any atom is 0.261 e. The van der Waals surface area contributed by atoms with Crippen molar-refractivity contribution in [1.29, 1.82) is 0 Å². The van der Waals surface area contributed by atoms with Gasteiger partial charge in [-0.3, -0.25) is 4.79 Å². The lowest BCUT2D eigenvalue weighted by atomic mass is 10.1. The van der Waals surface area contributed by atoms with Gasteiger partial charge in [-0.05, 0) is 40.2 Å². The van der Waals surface area contributed by atoms with Gasteiger partial charge in [-0.15, -0.1) is 0 Å². The van der Waals surface area contributed by atoms with Crippen molar-refractivity contribution in [1.82, 2.24) is 0 Å². The van der Waals surface area contributed by atoms with E-state index in [0.717, 1.165) is 18.2 Å². The van der Waals surface area contributed by atoms with Crippen LogP contribution in [0.25, 0.3) is 0 Å². The Kier molecular flexibility index (Phi) is 3.99. The minimum atomic E-state index is -1.19. The van der Waals surface area contributed by atoms with Gasteiger partial charge >= 0.3 is 0 Å². The van der Waals surface area contributed by atoms with Gasteiger partial charge in [0.2, 0.25) is 0 Å². The highest BCUT2D eigenvalue weighted by molar-refractivity contribution is 9.10. The van der Waals surface area contributed by atoms with Crippen LogP contribution in [0.1, 0.15) is 10.4 Å². The highest BCUT2D eigenvalue weighted by atomic mass is 79.9. The van der Waals surface area contributed by atoms with Crippen molar-refractivity contribution >= 4 is 33.2 Å². The van der Waals surface area contributed by atoms with Gasteiger partial charge in [0.25, 0.3) is 5.91 Å². The summed E-state index contributed by atoms with van der Waals surface area (Å²) in [6, 6.07) is 5.86. The van der Waals surface area contributed by atoms with Crippen molar-refractivity contribution in [2.45, 2.75) is 0 Å². The lowest BCUT2D eigenvalue weighted by Gasteiger charge is -2.10. The molecule has 3 N–H and O–H groups in total. The quantitative estimate of drug-likeness (QED) is 0.816. The van der Waals surface area contributed by atoms with Gasteiger partial charge in [-0.25, -0.2) is 13.2 Å². The van der Waals surface area contributed by atoms with Crippen molar-refractivity contribution < 1.29 is 18.0 Å². The van der Waals surface area contributed by atoms with Crippen LogP contribution < -0.4 is 11.1 Å². The molecule has 104 valence electrons. The minimum Gasteiger partial charge on any atom is -0.396 e. The first-order chi connectivity index (χ1) is 9.41. The second-order valence-corrected chi connectivity index (χ2v) is 4.73. The number of hydrogen-bond acceptors (Lipinski definition) is 2. The van der Waals surface area contributed by atoms with E-state index in [1.807, 2.05) is 0 Å². The van der Waals surface area contributed by atoms with Gasteiger partial charge in [-0.1, -0.05) is 6.07 Å². The van der Waals surface area contributed by atoms with E-state index in [4.69, 9.17) is 5.73 Å². The fourth-order valence-corrected chi connectivity index (χ4v) is 2.01. The van der Waals surface area contributed by atoms with Gasteiger partial charge in [-0.2, -0.15) is 0 Å². The molecule has 2 aromatic rings. The summed E-state index contributed by atoms with van der Waals surface area (Å²) in [7, 11) is 0. The predicted octanol–water partition coefficient (Wildman–Crippen LogP) is 3.70. The third kappa shape index (κ3) is 2.62. The number of halogens is 4. The summed E-state index contributed by atoms with van der Waals surface area (Å²) in [6.07, 6.45) is 0. The lowest BCUT2D eigenvalue weighted by molar-refractivity contribution is 0.101. The number of nitrogens with two attached hydrogens (primary N) is 1. The van der Waals surface area contributed by atoms with E-state index in [1.54, 1.807) is 0 Å². The largest absolute Gasteiger partial charge is 0.396 e. The van der Waals surface area contributed by atoms with E-state index in [9.17, 15) is 18.0 Å². The summed E-state index contributed by atoms with van der Waals surface area (Å²) < 4.78 is 41.0. The smallest absolute Gasteiger partial charge is 0.261 e. The van der Waals surface area contributed by atoms with E-state index in [1.165, 1.54) is 12.1 Å². The average Bonchev–Trinajstić information content (AvgIpc) is 2.39. The molecule has 0 aliphatic heterocycles. The van der Waals surface area contributed by atoms with Crippen LogP contribution in [0.2, 0.25) is 0 Å². The molecule has 0 fully saturated rings. The monoisotopic (exact) mass is 344 g/mol. The summed E-state index contributed by atoms with van der Waals surface area (Å²) in [6.45, 7) is 0. The molecule has 0 spiro atoms. The molecule has 0 aromatic heterocycles. The standard InChI is InChI=1S/C13H8BrF3N2O/c14-6-2-1-3-8(16)12(6)19-13(20)10-7(15)4-5-9(18)11(10)17/h1-5H,18H2,(H,19,20). The van der Waals surface area contributed by atoms with Crippen LogP contribution in [0, 0.1) is 17.5 Å². The third-order valence-electron chi connectivity index (χ3n) is 2.55. The summed E-state index contributed by atoms with van der Waals surface area (Å²) in [5.74, 6) is -4.13. The average molecular weight is 345 g/mol. The summed E-state index contributed by atoms with van der Waals surface area (Å²) in [4.78, 5) is 11.9. The molecule has 0 saturated heterocycles. The Balaban J connectivity index is 2.41. The van der Waals surface area contributed by atoms with Gasteiger partial charge in [0.15, 0.2) is 5.82 Å². The Morgan fingerprint density at radius 3 is 2.45 bits per heavy atom. The molecule has 7 heteroatoms. The Morgan fingerprint density at radius 2 is 1.80 bits per heavy atom. The van der Waals surface area contributed by atoms with Crippen LogP contribution in [0.5, 0.6) is 0 Å². The molecule has 0 heterocycles. The zero-order valence-electron chi connectivity index (χ0n) is 9.88. The topological polar surface area (TPSA) is 55.1 Å². The van der Waals surface area contributed by atoms with E-state index in [-0.39, 0.29) is 15.8 Å². The fraction of sp³-hybridized carbons (Fsp3) is 0. The van der Waals surface area contributed by atoms with Gasteiger partial charge in [0.1, 0.15) is 17.2 Å². The number of amides is 1. The highest BCUT2D eigenvalue weighted by Gasteiger charge is 2.21. The predicted molar refractivity (Wildman–Crippen MR) is 72.8 cm³/mol. The van der Waals surface area contributed by atoms with Crippen LogP contribution in [-0.4, -0.2) is 5.91 Å².